The fraction of sp³-hybridized carbons (Fsp3) is 0.222. The van der Waals surface area contributed by atoms with Gasteiger partial charge < -0.3 is 14.8 Å². The van der Waals surface area contributed by atoms with E-state index in [2.05, 4.69) is 21.2 Å². The van der Waals surface area contributed by atoms with Crippen LogP contribution in [0.3, 0.4) is 0 Å². The topological polar surface area (TPSA) is 64.6 Å². The van der Waals surface area contributed by atoms with Gasteiger partial charge in [0.15, 0.2) is 0 Å². The molecule has 0 aliphatic rings. The summed E-state index contributed by atoms with van der Waals surface area (Å²) in [5, 5.41) is 2.45. The molecule has 0 aliphatic carbocycles. The molecule has 0 fully saturated rings. The molecule has 2 aromatic rings. The number of halogens is 2. The van der Waals surface area contributed by atoms with Crippen molar-refractivity contribution in [1.82, 2.24) is 5.32 Å². The largest absolute Gasteiger partial charge is 0.494 e. The van der Waals surface area contributed by atoms with E-state index in [1.165, 1.54) is 12.1 Å². The zero-order valence-corrected chi connectivity index (χ0v) is 15.1. The van der Waals surface area contributed by atoms with Crippen LogP contribution in [-0.2, 0) is 16.1 Å². The molecule has 0 saturated heterocycles. The standard InChI is InChI=1S/C18H17BrFNO4/c1-2-24-15-7-4-12(5-8-15)18(23)21-10-17(22)25-11-13-3-6-14(19)9-16(13)20/h3-9H,2,10-11H2,1H3,(H,21,23). The number of esters is 1. The first-order chi connectivity index (χ1) is 12.0. The minimum Gasteiger partial charge on any atom is -0.494 e. The number of nitrogens with one attached hydrogen (secondary N) is 1. The second-order valence-electron chi connectivity index (χ2n) is 5.04. The fourth-order valence-electron chi connectivity index (χ4n) is 1.97. The van der Waals surface area contributed by atoms with Crippen LogP contribution in [0.15, 0.2) is 46.9 Å². The van der Waals surface area contributed by atoms with E-state index in [0.29, 0.717) is 22.4 Å². The van der Waals surface area contributed by atoms with E-state index >= 15 is 0 Å². The van der Waals surface area contributed by atoms with Gasteiger partial charge in [-0.25, -0.2) is 4.39 Å². The Morgan fingerprint density at radius 1 is 1.16 bits per heavy atom. The van der Waals surface area contributed by atoms with Crippen molar-refractivity contribution in [2.24, 2.45) is 0 Å². The highest BCUT2D eigenvalue weighted by Crippen LogP contribution is 2.16. The highest BCUT2D eigenvalue weighted by molar-refractivity contribution is 9.10. The van der Waals surface area contributed by atoms with E-state index in [1.54, 1.807) is 30.3 Å². The smallest absolute Gasteiger partial charge is 0.325 e. The molecule has 0 atom stereocenters. The van der Waals surface area contributed by atoms with Gasteiger partial charge in [-0.3, -0.25) is 9.59 Å². The van der Waals surface area contributed by atoms with Gasteiger partial charge in [0.2, 0.25) is 0 Å². The molecule has 5 nitrogen and oxygen atoms in total. The molecule has 1 amide bonds. The molecular weight excluding hydrogens is 393 g/mol. The minimum absolute atomic E-state index is 0.198. The van der Waals surface area contributed by atoms with E-state index in [4.69, 9.17) is 9.47 Å². The highest BCUT2D eigenvalue weighted by Gasteiger charge is 2.10. The Balaban J connectivity index is 1.79. The zero-order chi connectivity index (χ0) is 18.2. The molecule has 0 bridgehead atoms. The number of amides is 1. The quantitative estimate of drug-likeness (QED) is 0.711. The number of ether oxygens (including phenoxy) is 2. The summed E-state index contributed by atoms with van der Waals surface area (Å²) in [7, 11) is 0. The van der Waals surface area contributed by atoms with Crippen LogP contribution in [0.25, 0.3) is 0 Å². The number of carbonyl (C=O) groups excluding carboxylic acids is 2. The molecule has 0 unspecified atom stereocenters. The number of carbonyl (C=O) groups is 2. The molecule has 25 heavy (non-hydrogen) atoms. The van der Waals surface area contributed by atoms with Crippen molar-refractivity contribution in [3.05, 3.63) is 63.9 Å². The lowest BCUT2D eigenvalue weighted by Crippen LogP contribution is -2.30. The monoisotopic (exact) mass is 409 g/mol. The first kappa shape index (κ1) is 18.9. The maximum atomic E-state index is 13.6. The number of rotatable bonds is 7. The normalized spacial score (nSPS) is 10.2. The minimum atomic E-state index is -0.651. The fourth-order valence-corrected chi connectivity index (χ4v) is 2.30. The molecule has 7 heteroatoms. The lowest BCUT2D eigenvalue weighted by Gasteiger charge is -2.08. The van der Waals surface area contributed by atoms with E-state index in [-0.39, 0.29) is 18.7 Å². The van der Waals surface area contributed by atoms with Crippen LogP contribution < -0.4 is 10.1 Å². The van der Waals surface area contributed by atoms with Crippen LogP contribution in [0.4, 0.5) is 4.39 Å². The second kappa shape index (κ2) is 9.17. The van der Waals surface area contributed by atoms with Crippen molar-refractivity contribution in [3.63, 3.8) is 0 Å². The second-order valence-corrected chi connectivity index (χ2v) is 5.95. The van der Waals surface area contributed by atoms with Crippen LogP contribution in [0.5, 0.6) is 5.75 Å². The summed E-state index contributed by atoms with van der Waals surface area (Å²) in [4.78, 5) is 23.6. The Morgan fingerprint density at radius 2 is 1.88 bits per heavy atom. The Bertz CT molecular complexity index is 749. The van der Waals surface area contributed by atoms with Gasteiger partial charge in [-0.2, -0.15) is 0 Å². The predicted molar refractivity (Wildman–Crippen MR) is 93.8 cm³/mol. The van der Waals surface area contributed by atoms with Gasteiger partial charge in [0.05, 0.1) is 6.61 Å². The van der Waals surface area contributed by atoms with Crippen LogP contribution >= 0.6 is 15.9 Å². The summed E-state index contributed by atoms with van der Waals surface area (Å²) in [6.45, 7) is 1.91. The summed E-state index contributed by atoms with van der Waals surface area (Å²) < 4.78 is 24.5. The van der Waals surface area contributed by atoms with Gasteiger partial charge in [0.1, 0.15) is 24.7 Å². The molecule has 0 heterocycles. The lowest BCUT2D eigenvalue weighted by atomic mass is 10.2. The van der Waals surface area contributed by atoms with E-state index in [0.717, 1.165) is 0 Å². The Morgan fingerprint density at radius 3 is 2.52 bits per heavy atom. The van der Waals surface area contributed by atoms with Crippen LogP contribution in [0, 0.1) is 5.82 Å². The first-order valence-electron chi connectivity index (χ1n) is 7.60. The average Bonchev–Trinajstić information content (AvgIpc) is 2.60. The summed E-state index contributed by atoms with van der Waals surface area (Å²) in [5.41, 5.74) is 0.657. The van der Waals surface area contributed by atoms with E-state index in [1.807, 2.05) is 6.92 Å². The number of benzene rings is 2. The van der Waals surface area contributed by atoms with Gasteiger partial charge in [0.25, 0.3) is 5.91 Å². The Labute approximate surface area is 153 Å². The van der Waals surface area contributed by atoms with Crippen molar-refractivity contribution < 1.29 is 23.5 Å². The van der Waals surface area contributed by atoms with Gasteiger partial charge in [0, 0.05) is 15.6 Å². The van der Waals surface area contributed by atoms with E-state index in [9.17, 15) is 14.0 Å². The highest BCUT2D eigenvalue weighted by atomic mass is 79.9. The zero-order valence-electron chi connectivity index (χ0n) is 13.6. The van der Waals surface area contributed by atoms with Gasteiger partial charge in [-0.05, 0) is 43.3 Å². The van der Waals surface area contributed by atoms with Crippen molar-refractivity contribution in [2.45, 2.75) is 13.5 Å². The van der Waals surface area contributed by atoms with Gasteiger partial charge >= 0.3 is 5.97 Å². The van der Waals surface area contributed by atoms with Crippen molar-refractivity contribution in [1.29, 1.82) is 0 Å². The molecule has 0 aromatic heterocycles. The van der Waals surface area contributed by atoms with Crippen molar-refractivity contribution in [3.8, 4) is 5.75 Å². The third-order valence-electron chi connectivity index (χ3n) is 3.22. The third kappa shape index (κ3) is 5.86. The maximum Gasteiger partial charge on any atom is 0.325 e. The summed E-state index contributed by atoms with van der Waals surface area (Å²) >= 11 is 3.15. The molecule has 0 spiro atoms. The SMILES string of the molecule is CCOc1ccc(C(=O)NCC(=O)OCc2ccc(Br)cc2F)cc1. The van der Waals surface area contributed by atoms with Crippen molar-refractivity contribution >= 4 is 27.8 Å². The van der Waals surface area contributed by atoms with E-state index < -0.39 is 17.7 Å². The molecule has 2 rings (SSSR count). The molecular formula is C18H17BrFNO4. The number of hydrogen-bond donors (Lipinski definition) is 1. The maximum absolute atomic E-state index is 13.6. The summed E-state index contributed by atoms with van der Waals surface area (Å²) in [5.74, 6) is -0.869. The third-order valence-corrected chi connectivity index (χ3v) is 3.72. The van der Waals surface area contributed by atoms with Crippen molar-refractivity contribution in [2.75, 3.05) is 13.2 Å². The molecule has 132 valence electrons. The summed E-state index contributed by atoms with van der Waals surface area (Å²) in [6.07, 6.45) is 0. The Hall–Kier alpha value is -2.41. The van der Waals surface area contributed by atoms with Crippen LogP contribution in [0.1, 0.15) is 22.8 Å². The molecule has 0 radical (unpaired) electrons. The molecule has 1 N–H and O–H groups in total. The first-order valence-corrected chi connectivity index (χ1v) is 8.39. The summed E-state index contributed by atoms with van der Waals surface area (Å²) in [6, 6.07) is 11.0. The molecule has 0 aliphatic heterocycles. The van der Waals surface area contributed by atoms with Crippen LogP contribution in [-0.4, -0.2) is 25.0 Å². The lowest BCUT2D eigenvalue weighted by molar-refractivity contribution is -0.143. The van der Waals surface area contributed by atoms with Gasteiger partial charge in [-0.1, -0.05) is 22.0 Å². The van der Waals surface area contributed by atoms with Gasteiger partial charge in [-0.15, -0.1) is 0 Å². The van der Waals surface area contributed by atoms with Crippen LogP contribution in [0.2, 0.25) is 0 Å². The molecule has 2 aromatic carbocycles. The predicted octanol–water partition coefficient (Wildman–Crippen LogP) is 3.46. The Kier molecular flexibility index (Phi) is 6.94. The average molecular weight is 410 g/mol. The molecule has 0 saturated carbocycles. The number of hydrogen-bond acceptors (Lipinski definition) is 4.